The van der Waals surface area contributed by atoms with E-state index >= 15 is 0 Å². The van der Waals surface area contributed by atoms with Crippen LogP contribution >= 0.6 is 0 Å². The molecule has 26 heavy (non-hydrogen) atoms. The van der Waals surface area contributed by atoms with E-state index < -0.39 is 15.5 Å². The van der Waals surface area contributed by atoms with Crippen LogP contribution in [0, 0.1) is 11.8 Å². The predicted molar refractivity (Wildman–Crippen MR) is 97.3 cm³/mol. The smallest absolute Gasteiger partial charge is 0.357 e. The van der Waals surface area contributed by atoms with E-state index in [1.54, 1.807) is 0 Å². The van der Waals surface area contributed by atoms with Crippen LogP contribution in [0.3, 0.4) is 0 Å². The summed E-state index contributed by atoms with van der Waals surface area (Å²) in [5.74, 6) is 1.35. The van der Waals surface area contributed by atoms with Gasteiger partial charge in [-0.25, -0.2) is 8.42 Å². The van der Waals surface area contributed by atoms with Gasteiger partial charge in [0.25, 0.3) is 0 Å². The molecule has 0 aromatic rings. The van der Waals surface area contributed by atoms with Gasteiger partial charge in [-0.3, -0.25) is 4.99 Å². The number of nitrogens with zero attached hydrogens (tertiary/aromatic N) is 2. The summed E-state index contributed by atoms with van der Waals surface area (Å²) in [5.41, 5.74) is -5.22. The first-order valence-corrected chi connectivity index (χ1v) is 10.7. The Morgan fingerprint density at radius 1 is 1.15 bits per heavy atom. The van der Waals surface area contributed by atoms with Gasteiger partial charge in [-0.2, -0.15) is 17.5 Å². The van der Waals surface area contributed by atoms with Crippen molar-refractivity contribution >= 4 is 16.0 Å². The van der Waals surface area contributed by atoms with E-state index in [1.165, 1.54) is 0 Å². The minimum atomic E-state index is -5.22. The predicted octanol–water partition coefficient (Wildman–Crippen LogP) is 2.54. The summed E-state index contributed by atoms with van der Waals surface area (Å²) in [4.78, 5) is 4.57. The van der Waals surface area contributed by atoms with Gasteiger partial charge in [0.15, 0.2) is 5.96 Å². The maximum atomic E-state index is 12.6. The van der Waals surface area contributed by atoms with Crippen molar-refractivity contribution < 1.29 is 21.6 Å². The van der Waals surface area contributed by atoms with Gasteiger partial charge in [0.2, 0.25) is 0 Å². The second kappa shape index (κ2) is 10.3. The van der Waals surface area contributed by atoms with Gasteiger partial charge in [-0.05, 0) is 31.6 Å². The molecule has 1 saturated heterocycles. The summed E-state index contributed by atoms with van der Waals surface area (Å²) in [6.45, 7) is 8.04. The summed E-state index contributed by atoms with van der Waals surface area (Å²) < 4.78 is 61.2. The number of hydrogen-bond acceptors (Lipinski definition) is 3. The molecule has 0 unspecified atom stereocenters. The normalized spacial score (nSPS) is 18.3. The highest BCUT2D eigenvalue weighted by atomic mass is 32.2. The van der Waals surface area contributed by atoms with E-state index in [2.05, 4.69) is 29.5 Å². The van der Waals surface area contributed by atoms with Gasteiger partial charge in [0, 0.05) is 32.7 Å². The highest BCUT2D eigenvalue weighted by Crippen LogP contribution is 2.30. The fourth-order valence-electron chi connectivity index (χ4n) is 2.85. The molecule has 0 radical (unpaired) electrons. The number of guanidine groups is 1. The molecule has 0 atom stereocenters. The van der Waals surface area contributed by atoms with E-state index in [0.29, 0.717) is 35.6 Å². The van der Waals surface area contributed by atoms with Crippen LogP contribution in [0.2, 0.25) is 0 Å². The van der Waals surface area contributed by atoms with Gasteiger partial charge >= 0.3 is 15.5 Å². The quantitative estimate of drug-likeness (QED) is 0.485. The van der Waals surface area contributed by atoms with Crippen LogP contribution in [0.1, 0.15) is 46.5 Å². The minimum absolute atomic E-state index is 0.102. The summed E-state index contributed by atoms with van der Waals surface area (Å²) in [7, 11) is -5.21. The molecule has 0 bridgehead atoms. The lowest BCUT2D eigenvalue weighted by atomic mass is 9.98. The molecule has 6 nitrogen and oxygen atoms in total. The highest BCUT2D eigenvalue weighted by Gasteiger charge is 2.50. The minimum Gasteiger partial charge on any atom is -0.357 e. The summed E-state index contributed by atoms with van der Waals surface area (Å²) in [6.07, 6.45) is 2.92. The fourth-order valence-corrected chi connectivity index (χ4v) is 3.83. The summed E-state index contributed by atoms with van der Waals surface area (Å²) in [5, 5.41) is 6.39. The second-order valence-corrected chi connectivity index (χ2v) is 8.51. The van der Waals surface area contributed by atoms with Gasteiger partial charge in [0.05, 0.1) is 0 Å². The topological polar surface area (TPSA) is 73.8 Å². The zero-order valence-corrected chi connectivity index (χ0v) is 16.6. The number of alkyl halides is 3. The molecule has 0 amide bonds. The lowest BCUT2D eigenvalue weighted by molar-refractivity contribution is -0.0496. The zero-order chi connectivity index (χ0) is 19.8. The molecule has 0 aromatic heterocycles. The Hall–Kier alpha value is -1.03. The Morgan fingerprint density at radius 3 is 2.19 bits per heavy atom. The molecule has 0 aliphatic carbocycles. The lowest BCUT2D eigenvalue weighted by Gasteiger charge is -2.31. The first-order valence-electron chi connectivity index (χ1n) is 9.24. The van der Waals surface area contributed by atoms with E-state index in [4.69, 9.17) is 0 Å². The van der Waals surface area contributed by atoms with Gasteiger partial charge < -0.3 is 10.6 Å². The zero-order valence-electron chi connectivity index (χ0n) is 15.8. The van der Waals surface area contributed by atoms with Crippen LogP contribution in [0.15, 0.2) is 4.99 Å². The largest absolute Gasteiger partial charge is 0.511 e. The Labute approximate surface area is 154 Å². The fraction of sp³-hybridized carbons (Fsp3) is 0.938. The monoisotopic (exact) mass is 400 g/mol. The van der Waals surface area contributed by atoms with Crippen molar-refractivity contribution in [2.24, 2.45) is 16.8 Å². The van der Waals surface area contributed by atoms with Crippen molar-refractivity contribution in [3.63, 3.8) is 0 Å². The van der Waals surface area contributed by atoms with Crippen LogP contribution in [-0.2, 0) is 10.0 Å². The molecule has 154 valence electrons. The van der Waals surface area contributed by atoms with Crippen LogP contribution in [0.4, 0.5) is 13.2 Å². The van der Waals surface area contributed by atoms with Gasteiger partial charge in [-0.15, -0.1) is 0 Å². The Kier molecular flexibility index (Phi) is 9.15. The summed E-state index contributed by atoms with van der Waals surface area (Å²) >= 11 is 0. The number of hydrogen-bond donors (Lipinski definition) is 2. The van der Waals surface area contributed by atoms with Crippen molar-refractivity contribution in [2.45, 2.75) is 52.0 Å². The van der Waals surface area contributed by atoms with Gasteiger partial charge in [-0.1, -0.05) is 26.7 Å². The molecule has 1 fully saturated rings. The highest BCUT2D eigenvalue weighted by molar-refractivity contribution is 7.90. The molecule has 1 aliphatic rings. The molecule has 1 rings (SSSR count). The van der Waals surface area contributed by atoms with E-state index in [0.717, 1.165) is 25.9 Å². The molecule has 0 saturated carbocycles. The Bertz CT molecular complexity index is 540. The van der Waals surface area contributed by atoms with Gasteiger partial charge in [0.1, 0.15) is 0 Å². The maximum Gasteiger partial charge on any atom is 0.511 e. The third-order valence-electron chi connectivity index (χ3n) is 4.77. The molecular weight excluding hydrogens is 369 g/mol. The van der Waals surface area contributed by atoms with Crippen molar-refractivity contribution in [3.05, 3.63) is 0 Å². The van der Waals surface area contributed by atoms with E-state index in [-0.39, 0.29) is 19.0 Å². The molecule has 10 heteroatoms. The van der Waals surface area contributed by atoms with E-state index in [9.17, 15) is 21.6 Å². The molecule has 1 heterocycles. The van der Waals surface area contributed by atoms with Crippen molar-refractivity contribution in [3.8, 4) is 0 Å². The molecule has 0 aromatic carbocycles. The standard InChI is InChI=1S/C16H31F3N4O2S/c1-4-13(5-2)11-21-15(20-6-3)22-12-14-7-9-23(10-8-14)26(24,25)16(17,18)19/h13-14H,4-12H2,1-3H3,(H2,20,21,22). The Balaban J connectivity index is 2.52. The van der Waals surface area contributed by atoms with Crippen LogP contribution in [0.5, 0.6) is 0 Å². The molecule has 2 N–H and O–H groups in total. The number of rotatable bonds is 8. The van der Waals surface area contributed by atoms with Crippen LogP contribution < -0.4 is 10.6 Å². The number of sulfonamides is 1. The molecule has 0 spiro atoms. The van der Waals surface area contributed by atoms with E-state index in [1.807, 2.05) is 6.92 Å². The Morgan fingerprint density at radius 2 is 1.73 bits per heavy atom. The third kappa shape index (κ3) is 6.61. The average molecular weight is 401 g/mol. The van der Waals surface area contributed by atoms with Crippen LogP contribution in [-0.4, -0.2) is 56.9 Å². The van der Waals surface area contributed by atoms with Crippen molar-refractivity contribution in [2.75, 3.05) is 32.7 Å². The summed E-state index contributed by atoms with van der Waals surface area (Å²) in [6, 6.07) is 0. The number of piperidine rings is 1. The third-order valence-corrected chi connectivity index (χ3v) is 6.40. The first kappa shape index (κ1) is 23.0. The maximum absolute atomic E-state index is 12.6. The first-order chi connectivity index (χ1) is 12.2. The SMILES string of the molecule is CCNC(=NCC(CC)CC)NCC1CCN(S(=O)(=O)C(F)(F)F)CC1. The van der Waals surface area contributed by atoms with Crippen LogP contribution in [0.25, 0.3) is 0 Å². The molecule has 1 aliphatic heterocycles. The number of halogens is 3. The van der Waals surface area contributed by atoms with Crippen molar-refractivity contribution in [1.29, 1.82) is 0 Å². The molecular formula is C16H31F3N4O2S. The van der Waals surface area contributed by atoms with Crippen molar-refractivity contribution in [1.82, 2.24) is 14.9 Å². The number of nitrogens with one attached hydrogen (secondary N) is 2. The lowest BCUT2D eigenvalue weighted by Crippen LogP contribution is -2.47. The average Bonchev–Trinajstić information content (AvgIpc) is 2.59. The number of aliphatic imine (C=N–C) groups is 1. The second-order valence-electron chi connectivity index (χ2n) is 6.58.